The van der Waals surface area contributed by atoms with Crippen LogP contribution in [0.1, 0.15) is 46.0 Å². The van der Waals surface area contributed by atoms with Gasteiger partial charge in [0.15, 0.2) is 30.2 Å². The zero-order chi connectivity index (χ0) is 32.1. The van der Waals surface area contributed by atoms with Crippen LogP contribution in [0.25, 0.3) is 11.1 Å². The molecule has 0 N–H and O–H groups in total. The van der Waals surface area contributed by atoms with Gasteiger partial charge >= 0.3 is 0 Å². The molecule has 0 bridgehead atoms. The number of carbonyl (C=O) groups excluding carboxylic acids is 2. The third-order valence-electron chi connectivity index (χ3n) is 7.47. The molecule has 0 saturated carbocycles. The molecule has 0 aromatic heterocycles. The normalized spacial score (nSPS) is 11.3. The minimum Gasteiger partial charge on any atom is -0.493 e. The van der Waals surface area contributed by atoms with E-state index in [1.54, 1.807) is 25.3 Å². The summed E-state index contributed by atoms with van der Waals surface area (Å²) < 4.78 is 22.8. The standard InChI is InChI=1S/C40H36O6/c1-3-36(30-12-8-5-9-13-30)40(31-14-19-34(20-15-31)44-25-24-41)32-16-21-35(22-17-32)45-28-37(42)33-18-23-38(39(26-33)43-2)46-27-29-10-6-4-7-11-29/h4-24,26H,3,25,27-28H2,1-2H3. The van der Waals surface area contributed by atoms with Crippen molar-refractivity contribution >= 4 is 23.2 Å². The van der Waals surface area contributed by atoms with Gasteiger partial charge in [0.05, 0.1) is 7.11 Å². The molecule has 46 heavy (non-hydrogen) atoms. The molecule has 0 aliphatic heterocycles. The highest BCUT2D eigenvalue weighted by molar-refractivity contribution is 5.99. The molecule has 232 valence electrons. The fourth-order valence-corrected chi connectivity index (χ4v) is 5.17. The number of methoxy groups -OCH3 is 1. The molecule has 0 atom stereocenters. The Labute approximate surface area is 269 Å². The van der Waals surface area contributed by atoms with Crippen molar-refractivity contribution in [2.75, 3.05) is 20.3 Å². The molecule has 0 radical (unpaired) electrons. The number of ether oxygens (including phenoxy) is 4. The van der Waals surface area contributed by atoms with Gasteiger partial charge in [0.1, 0.15) is 24.7 Å². The average molecular weight is 613 g/mol. The summed E-state index contributed by atoms with van der Waals surface area (Å²) in [6.07, 6.45) is 1.55. The molecule has 0 fully saturated rings. The Bertz CT molecular complexity index is 1760. The van der Waals surface area contributed by atoms with Crippen molar-refractivity contribution in [2.24, 2.45) is 0 Å². The molecule has 6 heteroatoms. The van der Waals surface area contributed by atoms with E-state index in [1.807, 2.05) is 97.1 Å². The van der Waals surface area contributed by atoms with Crippen LogP contribution in [-0.4, -0.2) is 32.4 Å². The van der Waals surface area contributed by atoms with Gasteiger partial charge in [0, 0.05) is 5.56 Å². The predicted octanol–water partition coefficient (Wildman–Crippen LogP) is 8.48. The third-order valence-corrected chi connectivity index (χ3v) is 7.47. The largest absolute Gasteiger partial charge is 0.493 e. The van der Waals surface area contributed by atoms with E-state index in [4.69, 9.17) is 18.9 Å². The third kappa shape index (κ3) is 8.10. The van der Waals surface area contributed by atoms with Crippen molar-refractivity contribution in [2.45, 2.75) is 20.0 Å². The summed E-state index contributed by atoms with van der Waals surface area (Å²) >= 11 is 0. The van der Waals surface area contributed by atoms with Crippen LogP contribution < -0.4 is 18.9 Å². The first-order valence-electron chi connectivity index (χ1n) is 15.2. The summed E-state index contributed by atoms with van der Waals surface area (Å²) in [6, 6.07) is 40.8. The molecule has 0 saturated heterocycles. The number of rotatable bonds is 15. The predicted molar refractivity (Wildman–Crippen MR) is 181 cm³/mol. The number of aldehydes is 1. The topological polar surface area (TPSA) is 71.1 Å². The number of ketones is 1. The summed E-state index contributed by atoms with van der Waals surface area (Å²) in [5.41, 5.74) is 6.96. The van der Waals surface area contributed by atoms with Crippen LogP contribution in [-0.2, 0) is 11.4 Å². The van der Waals surface area contributed by atoms with Crippen LogP contribution in [0.4, 0.5) is 0 Å². The van der Waals surface area contributed by atoms with Crippen molar-refractivity contribution in [3.05, 3.63) is 155 Å². The maximum atomic E-state index is 13.1. The minimum atomic E-state index is -0.174. The van der Waals surface area contributed by atoms with E-state index >= 15 is 0 Å². The molecular formula is C40H36O6. The number of hydrogen-bond donors (Lipinski definition) is 0. The first kappa shape index (κ1) is 31.8. The Morgan fingerprint density at radius 2 is 1.22 bits per heavy atom. The molecule has 0 unspecified atom stereocenters. The zero-order valence-corrected chi connectivity index (χ0v) is 26.0. The molecule has 0 aliphatic carbocycles. The lowest BCUT2D eigenvalue weighted by Gasteiger charge is -2.17. The second-order valence-electron chi connectivity index (χ2n) is 10.5. The van der Waals surface area contributed by atoms with Crippen molar-refractivity contribution < 1.29 is 28.5 Å². The number of benzene rings is 5. The van der Waals surface area contributed by atoms with Gasteiger partial charge in [-0.05, 0) is 82.3 Å². The highest BCUT2D eigenvalue weighted by Gasteiger charge is 2.15. The Hall–Kier alpha value is -5.62. The molecule has 0 amide bonds. The number of Topliss-reactive ketones (excluding diaryl/α,β-unsaturated/α-hetero) is 1. The summed E-state index contributed by atoms with van der Waals surface area (Å²) in [5, 5.41) is 0. The lowest BCUT2D eigenvalue weighted by Crippen LogP contribution is -2.12. The maximum Gasteiger partial charge on any atom is 0.200 e. The zero-order valence-electron chi connectivity index (χ0n) is 26.0. The fraction of sp³-hybridized carbons (Fsp3) is 0.150. The van der Waals surface area contributed by atoms with Gasteiger partial charge in [0.25, 0.3) is 0 Å². The Kier molecular flexibility index (Phi) is 11.0. The molecule has 5 aromatic rings. The van der Waals surface area contributed by atoms with Gasteiger partial charge in [-0.3, -0.25) is 9.59 Å². The molecule has 6 nitrogen and oxygen atoms in total. The summed E-state index contributed by atoms with van der Waals surface area (Å²) in [7, 11) is 1.55. The van der Waals surface area contributed by atoms with Crippen molar-refractivity contribution in [3.63, 3.8) is 0 Å². The van der Waals surface area contributed by atoms with Gasteiger partial charge in [-0.1, -0.05) is 91.9 Å². The maximum absolute atomic E-state index is 13.1. The van der Waals surface area contributed by atoms with Gasteiger partial charge in [-0.25, -0.2) is 0 Å². The van der Waals surface area contributed by atoms with E-state index in [0.717, 1.165) is 40.5 Å². The smallest absolute Gasteiger partial charge is 0.200 e. The van der Waals surface area contributed by atoms with Crippen LogP contribution in [0.3, 0.4) is 0 Å². The summed E-state index contributed by atoms with van der Waals surface area (Å²) in [4.78, 5) is 23.8. The van der Waals surface area contributed by atoms with Gasteiger partial charge in [-0.2, -0.15) is 0 Å². The second kappa shape index (κ2) is 15.9. The van der Waals surface area contributed by atoms with Gasteiger partial charge in [0.2, 0.25) is 0 Å². The molecule has 0 aliphatic rings. The van der Waals surface area contributed by atoms with Crippen LogP contribution in [0.5, 0.6) is 23.0 Å². The summed E-state index contributed by atoms with van der Waals surface area (Å²) in [6.45, 7) is 2.43. The Morgan fingerprint density at radius 3 is 1.80 bits per heavy atom. The molecule has 5 rings (SSSR count). The molecule has 0 heterocycles. The fourth-order valence-electron chi connectivity index (χ4n) is 5.17. The van der Waals surface area contributed by atoms with Gasteiger partial charge < -0.3 is 18.9 Å². The van der Waals surface area contributed by atoms with Crippen molar-refractivity contribution in [1.29, 1.82) is 0 Å². The van der Waals surface area contributed by atoms with Crippen LogP contribution in [0.2, 0.25) is 0 Å². The number of hydrogen-bond acceptors (Lipinski definition) is 6. The van der Waals surface area contributed by atoms with E-state index in [1.165, 1.54) is 5.57 Å². The number of carbonyl (C=O) groups is 2. The molecule has 5 aromatic carbocycles. The van der Waals surface area contributed by atoms with Crippen LogP contribution in [0, 0.1) is 0 Å². The van der Waals surface area contributed by atoms with E-state index in [9.17, 15) is 9.59 Å². The molecule has 0 spiro atoms. The number of allylic oxidation sites excluding steroid dienone is 1. The first-order chi connectivity index (χ1) is 22.6. The van der Waals surface area contributed by atoms with E-state index < -0.39 is 0 Å². The SMILES string of the molecule is CCC(=C(c1ccc(OCC=O)cc1)c1ccc(OCC(=O)c2ccc(OCc3ccccc3)c(OC)c2)cc1)c1ccccc1. The highest BCUT2D eigenvalue weighted by Crippen LogP contribution is 2.36. The van der Waals surface area contributed by atoms with Crippen molar-refractivity contribution in [3.8, 4) is 23.0 Å². The van der Waals surface area contributed by atoms with Crippen molar-refractivity contribution in [1.82, 2.24) is 0 Å². The average Bonchev–Trinajstić information content (AvgIpc) is 3.12. The van der Waals surface area contributed by atoms with Crippen LogP contribution in [0.15, 0.2) is 127 Å². The lowest BCUT2D eigenvalue weighted by molar-refractivity contribution is -0.109. The lowest BCUT2D eigenvalue weighted by atomic mass is 9.88. The Balaban J connectivity index is 1.31. The minimum absolute atomic E-state index is 0.0122. The molecular weight excluding hydrogens is 576 g/mol. The quantitative estimate of drug-likeness (QED) is 0.0671. The second-order valence-corrected chi connectivity index (χ2v) is 10.5. The monoisotopic (exact) mass is 612 g/mol. The first-order valence-corrected chi connectivity index (χ1v) is 15.2. The van der Waals surface area contributed by atoms with E-state index in [2.05, 4.69) is 19.1 Å². The summed E-state index contributed by atoms with van der Waals surface area (Å²) in [5.74, 6) is 2.09. The Morgan fingerprint density at radius 1 is 0.630 bits per heavy atom. The van der Waals surface area contributed by atoms with Gasteiger partial charge in [-0.15, -0.1) is 0 Å². The van der Waals surface area contributed by atoms with Crippen LogP contribution >= 0.6 is 0 Å². The van der Waals surface area contributed by atoms with E-state index in [-0.39, 0.29) is 19.0 Å². The highest BCUT2D eigenvalue weighted by atomic mass is 16.5. The van der Waals surface area contributed by atoms with E-state index in [0.29, 0.717) is 35.2 Å².